The molecule has 4 N–H and O–H groups in total. The summed E-state index contributed by atoms with van der Waals surface area (Å²) in [5.41, 5.74) is 1.17. The van der Waals surface area contributed by atoms with Crippen molar-refractivity contribution in [3.63, 3.8) is 0 Å². The topological polar surface area (TPSA) is 124 Å². The molecule has 1 saturated heterocycles. The summed E-state index contributed by atoms with van der Waals surface area (Å²) in [4.78, 5) is 19.7. The minimum atomic E-state index is 0.350. The lowest BCUT2D eigenvalue weighted by molar-refractivity contribution is 0.158. The van der Waals surface area contributed by atoms with Crippen LogP contribution in [0.4, 0.5) is 23.3 Å². The Bertz CT molecular complexity index is 771. The lowest BCUT2D eigenvalue weighted by Crippen LogP contribution is -2.50. The molecule has 1 aliphatic heterocycles. The molecule has 0 spiro atoms. The average molecular weight is 385 g/mol. The van der Waals surface area contributed by atoms with E-state index in [1.165, 1.54) is 12.5 Å². The van der Waals surface area contributed by atoms with Crippen molar-refractivity contribution in [1.29, 1.82) is 5.41 Å². The van der Waals surface area contributed by atoms with Crippen molar-refractivity contribution in [3.05, 3.63) is 24.3 Å². The maximum atomic E-state index is 7.86. The van der Waals surface area contributed by atoms with E-state index in [-0.39, 0.29) is 0 Å². The van der Waals surface area contributed by atoms with Crippen molar-refractivity contribution < 1.29 is 4.74 Å². The Morgan fingerprint density at radius 3 is 3.04 bits per heavy atom. The highest BCUT2D eigenvalue weighted by Crippen LogP contribution is 2.27. The molecule has 3 heterocycles. The normalized spacial score (nSPS) is 16.6. The molecule has 3 rings (SSSR count). The van der Waals surface area contributed by atoms with E-state index < -0.39 is 0 Å². The number of piperazine rings is 1. The number of nitrogens with zero attached hydrogens (tertiary/aromatic N) is 5. The molecular weight excluding hydrogens is 358 g/mol. The molecule has 0 saturated carbocycles. The van der Waals surface area contributed by atoms with Crippen LogP contribution in [0.1, 0.15) is 19.5 Å². The van der Waals surface area contributed by atoms with Gasteiger partial charge in [-0.15, -0.1) is 0 Å². The Morgan fingerprint density at radius 1 is 1.43 bits per heavy atom. The standard InChI is InChI=1S/C18H27N9O/c1-3-28-9-7-22-16-14(10-19)24-18(27-8-6-21-13(2)11-27)26-17(16)25-15-4-5-20-12-23-15/h4-5,10,12-13,19,21-22H,3,6-9,11H2,1-2H3,(H,20,23,24,25,26)/t13-/m1/s1. The van der Waals surface area contributed by atoms with Gasteiger partial charge in [-0.05, 0) is 19.9 Å². The quantitative estimate of drug-likeness (QED) is 0.373. The maximum Gasteiger partial charge on any atom is 0.228 e. The van der Waals surface area contributed by atoms with Crippen molar-refractivity contribution in [2.75, 3.05) is 54.9 Å². The van der Waals surface area contributed by atoms with Gasteiger partial charge in [-0.25, -0.2) is 15.0 Å². The molecule has 0 aromatic carbocycles. The van der Waals surface area contributed by atoms with Crippen LogP contribution in [0, 0.1) is 5.41 Å². The summed E-state index contributed by atoms with van der Waals surface area (Å²) >= 11 is 0. The Morgan fingerprint density at radius 2 is 2.32 bits per heavy atom. The highest BCUT2D eigenvalue weighted by molar-refractivity contribution is 5.89. The number of nitrogens with one attached hydrogen (secondary N) is 4. The Kier molecular flexibility index (Phi) is 7.04. The van der Waals surface area contributed by atoms with Crippen LogP contribution in [0.15, 0.2) is 18.6 Å². The molecular formula is C18H27N9O. The van der Waals surface area contributed by atoms with Crippen LogP contribution in [0.3, 0.4) is 0 Å². The van der Waals surface area contributed by atoms with Crippen LogP contribution in [0.5, 0.6) is 0 Å². The van der Waals surface area contributed by atoms with Gasteiger partial charge < -0.3 is 31.0 Å². The smallest absolute Gasteiger partial charge is 0.228 e. The molecule has 10 nitrogen and oxygen atoms in total. The highest BCUT2D eigenvalue weighted by atomic mass is 16.5. The number of hydrogen-bond donors (Lipinski definition) is 4. The third-order valence-electron chi connectivity index (χ3n) is 4.29. The molecule has 150 valence electrons. The Hall–Kier alpha value is -2.85. The van der Waals surface area contributed by atoms with Gasteiger partial charge >= 0.3 is 0 Å². The van der Waals surface area contributed by atoms with Crippen molar-refractivity contribution >= 4 is 29.5 Å². The van der Waals surface area contributed by atoms with Gasteiger partial charge in [0.25, 0.3) is 0 Å². The van der Waals surface area contributed by atoms with Gasteiger partial charge in [0.05, 0.1) is 6.61 Å². The van der Waals surface area contributed by atoms with Crippen molar-refractivity contribution in [2.45, 2.75) is 19.9 Å². The lowest BCUT2D eigenvalue weighted by atomic mass is 10.2. The molecule has 2 aromatic rings. The second-order valence-corrected chi connectivity index (χ2v) is 6.42. The zero-order valence-corrected chi connectivity index (χ0v) is 16.3. The van der Waals surface area contributed by atoms with Crippen LogP contribution in [-0.2, 0) is 4.74 Å². The Balaban J connectivity index is 1.92. The second kappa shape index (κ2) is 9.90. The fraction of sp³-hybridized carbons (Fsp3) is 0.500. The monoisotopic (exact) mass is 385 g/mol. The van der Waals surface area contributed by atoms with Crippen LogP contribution in [0.25, 0.3) is 0 Å². The van der Waals surface area contributed by atoms with Crippen molar-refractivity contribution in [3.8, 4) is 0 Å². The lowest BCUT2D eigenvalue weighted by Gasteiger charge is -2.32. The molecule has 2 aromatic heterocycles. The number of rotatable bonds is 9. The molecule has 0 aliphatic carbocycles. The van der Waals surface area contributed by atoms with E-state index in [1.54, 1.807) is 12.3 Å². The molecule has 1 atom stereocenters. The first-order valence-corrected chi connectivity index (χ1v) is 9.46. The van der Waals surface area contributed by atoms with Crippen LogP contribution < -0.4 is 20.9 Å². The summed E-state index contributed by atoms with van der Waals surface area (Å²) in [5.74, 6) is 1.79. The minimum absolute atomic E-state index is 0.350. The number of ether oxygens (including phenoxy) is 1. The van der Waals surface area contributed by atoms with Gasteiger partial charge in [0.15, 0.2) is 5.82 Å². The largest absolute Gasteiger partial charge is 0.380 e. The fourth-order valence-corrected chi connectivity index (χ4v) is 2.97. The van der Waals surface area contributed by atoms with E-state index in [2.05, 4.69) is 42.7 Å². The third-order valence-corrected chi connectivity index (χ3v) is 4.29. The molecule has 1 fully saturated rings. The summed E-state index contributed by atoms with van der Waals surface area (Å²) in [6, 6.07) is 2.12. The summed E-state index contributed by atoms with van der Waals surface area (Å²) in [6.07, 6.45) is 4.38. The molecule has 0 amide bonds. The van der Waals surface area contributed by atoms with Crippen molar-refractivity contribution in [2.24, 2.45) is 0 Å². The van der Waals surface area contributed by atoms with Gasteiger partial charge in [0.2, 0.25) is 5.95 Å². The van der Waals surface area contributed by atoms with E-state index in [9.17, 15) is 0 Å². The SMILES string of the molecule is CCOCCNc1c(C=N)nc(N2CCN[C@H](C)C2)nc1Nc1ccncn1. The zero-order valence-electron chi connectivity index (χ0n) is 16.3. The summed E-state index contributed by atoms with van der Waals surface area (Å²) in [7, 11) is 0. The number of hydrogen-bond acceptors (Lipinski definition) is 10. The molecule has 0 radical (unpaired) electrons. The average Bonchev–Trinajstić information content (AvgIpc) is 2.72. The van der Waals surface area contributed by atoms with Gasteiger partial charge in [-0.1, -0.05) is 0 Å². The predicted octanol–water partition coefficient (Wildman–Crippen LogP) is 1.25. The van der Waals surface area contributed by atoms with Crippen LogP contribution in [0.2, 0.25) is 0 Å². The molecule has 1 aliphatic rings. The van der Waals surface area contributed by atoms with E-state index >= 15 is 0 Å². The first kappa shape index (κ1) is 19.9. The molecule has 0 bridgehead atoms. The summed E-state index contributed by atoms with van der Waals surface area (Å²) < 4.78 is 5.40. The number of anilines is 4. The highest BCUT2D eigenvalue weighted by Gasteiger charge is 2.21. The van der Waals surface area contributed by atoms with Gasteiger partial charge in [-0.3, -0.25) is 0 Å². The molecule has 0 unspecified atom stereocenters. The Labute approximate surface area is 164 Å². The molecule has 28 heavy (non-hydrogen) atoms. The fourth-order valence-electron chi connectivity index (χ4n) is 2.97. The van der Waals surface area contributed by atoms with E-state index in [1.807, 2.05) is 6.92 Å². The summed E-state index contributed by atoms with van der Waals surface area (Å²) in [5, 5.41) is 17.8. The van der Waals surface area contributed by atoms with Crippen LogP contribution >= 0.6 is 0 Å². The first-order valence-electron chi connectivity index (χ1n) is 9.46. The molecule has 10 heteroatoms. The van der Waals surface area contributed by atoms with Crippen molar-refractivity contribution in [1.82, 2.24) is 25.3 Å². The van der Waals surface area contributed by atoms with Gasteiger partial charge in [-0.2, -0.15) is 4.98 Å². The third kappa shape index (κ3) is 5.11. The maximum absolute atomic E-state index is 7.86. The first-order chi connectivity index (χ1) is 13.7. The second-order valence-electron chi connectivity index (χ2n) is 6.42. The zero-order chi connectivity index (χ0) is 19.8. The predicted molar refractivity (Wildman–Crippen MR) is 110 cm³/mol. The van der Waals surface area contributed by atoms with Gasteiger partial charge in [0, 0.05) is 51.2 Å². The van der Waals surface area contributed by atoms with Gasteiger partial charge in [0.1, 0.15) is 23.5 Å². The van der Waals surface area contributed by atoms with E-state index in [0.717, 1.165) is 19.6 Å². The number of aromatic nitrogens is 4. The summed E-state index contributed by atoms with van der Waals surface area (Å²) in [6.45, 7) is 8.37. The van der Waals surface area contributed by atoms with E-state index in [0.29, 0.717) is 54.8 Å². The van der Waals surface area contributed by atoms with Crippen LogP contribution in [-0.4, -0.2) is 71.6 Å². The minimum Gasteiger partial charge on any atom is -0.380 e. The van der Waals surface area contributed by atoms with E-state index in [4.69, 9.17) is 15.1 Å².